The van der Waals surface area contributed by atoms with Crippen LogP contribution in [0.1, 0.15) is 24.1 Å². The summed E-state index contributed by atoms with van der Waals surface area (Å²) in [5, 5.41) is 4.09. The van der Waals surface area contributed by atoms with E-state index in [-0.39, 0.29) is 6.04 Å². The van der Waals surface area contributed by atoms with Gasteiger partial charge >= 0.3 is 0 Å². The average Bonchev–Trinajstić information content (AvgIpc) is 2.73. The van der Waals surface area contributed by atoms with Crippen LogP contribution in [-0.4, -0.2) is 9.78 Å². The third-order valence-electron chi connectivity index (χ3n) is 2.57. The number of aromatic nitrogens is 2. The standard InChI is InChI=1S/C13H17N3O/c1-10(14)12-3-5-13(6-4-12)17-9-11-7-15-16(2)8-11/h3-8,10H,9,14H2,1-2H3/t10-/m1/s1. The van der Waals surface area contributed by atoms with Crippen LogP contribution in [-0.2, 0) is 13.7 Å². The molecule has 0 fully saturated rings. The zero-order valence-corrected chi connectivity index (χ0v) is 10.1. The van der Waals surface area contributed by atoms with E-state index in [1.54, 1.807) is 10.9 Å². The number of hydrogen-bond acceptors (Lipinski definition) is 3. The van der Waals surface area contributed by atoms with Gasteiger partial charge in [-0.3, -0.25) is 4.68 Å². The van der Waals surface area contributed by atoms with E-state index in [1.165, 1.54) is 0 Å². The van der Waals surface area contributed by atoms with Crippen LogP contribution in [0.5, 0.6) is 5.75 Å². The molecule has 0 aliphatic carbocycles. The molecule has 0 radical (unpaired) electrons. The molecule has 1 aromatic heterocycles. The summed E-state index contributed by atoms with van der Waals surface area (Å²) in [6.07, 6.45) is 3.74. The van der Waals surface area contributed by atoms with E-state index in [0.717, 1.165) is 16.9 Å². The molecule has 90 valence electrons. The lowest BCUT2D eigenvalue weighted by molar-refractivity contribution is 0.306. The summed E-state index contributed by atoms with van der Waals surface area (Å²) in [4.78, 5) is 0. The molecule has 1 heterocycles. The highest BCUT2D eigenvalue weighted by Gasteiger charge is 2.01. The molecule has 4 heteroatoms. The van der Waals surface area contributed by atoms with E-state index in [9.17, 15) is 0 Å². The van der Waals surface area contributed by atoms with Crippen molar-refractivity contribution in [1.29, 1.82) is 0 Å². The molecule has 4 nitrogen and oxygen atoms in total. The van der Waals surface area contributed by atoms with Gasteiger partial charge in [0.05, 0.1) is 6.20 Å². The summed E-state index contributed by atoms with van der Waals surface area (Å²) >= 11 is 0. The molecule has 0 aliphatic heterocycles. The number of aryl methyl sites for hydroxylation is 1. The number of rotatable bonds is 4. The SMILES string of the molecule is C[C@@H](N)c1ccc(OCc2cnn(C)c2)cc1. The van der Waals surface area contributed by atoms with Crippen LogP contribution >= 0.6 is 0 Å². The maximum atomic E-state index is 5.78. The first-order valence-corrected chi connectivity index (χ1v) is 5.61. The van der Waals surface area contributed by atoms with Gasteiger partial charge in [0.2, 0.25) is 0 Å². The Morgan fingerprint density at radius 2 is 2.06 bits per heavy atom. The minimum atomic E-state index is 0.0578. The lowest BCUT2D eigenvalue weighted by atomic mass is 10.1. The van der Waals surface area contributed by atoms with Gasteiger partial charge in [0.15, 0.2) is 0 Å². The Bertz CT molecular complexity index is 474. The van der Waals surface area contributed by atoms with Crippen LogP contribution in [0.4, 0.5) is 0 Å². The van der Waals surface area contributed by atoms with Crippen molar-refractivity contribution < 1.29 is 4.74 Å². The van der Waals surface area contributed by atoms with Gasteiger partial charge in [0.1, 0.15) is 12.4 Å². The van der Waals surface area contributed by atoms with Crippen molar-refractivity contribution in [2.45, 2.75) is 19.6 Å². The molecule has 2 aromatic rings. The Morgan fingerprint density at radius 3 is 2.59 bits per heavy atom. The van der Waals surface area contributed by atoms with Crippen LogP contribution in [0.3, 0.4) is 0 Å². The van der Waals surface area contributed by atoms with Gasteiger partial charge in [-0.05, 0) is 24.6 Å². The molecule has 0 unspecified atom stereocenters. The van der Waals surface area contributed by atoms with E-state index in [0.29, 0.717) is 6.61 Å². The van der Waals surface area contributed by atoms with Crippen molar-refractivity contribution in [3.8, 4) is 5.75 Å². The highest BCUT2D eigenvalue weighted by Crippen LogP contribution is 2.17. The summed E-state index contributed by atoms with van der Waals surface area (Å²) < 4.78 is 7.41. The number of benzene rings is 1. The van der Waals surface area contributed by atoms with Gasteiger partial charge in [-0.2, -0.15) is 5.10 Å². The Hall–Kier alpha value is -1.81. The maximum Gasteiger partial charge on any atom is 0.119 e. The van der Waals surface area contributed by atoms with E-state index in [2.05, 4.69) is 5.10 Å². The van der Waals surface area contributed by atoms with Crippen molar-refractivity contribution in [2.24, 2.45) is 12.8 Å². The summed E-state index contributed by atoms with van der Waals surface area (Å²) in [6, 6.07) is 7.92. The lowest BCUT2D eigenvalue weighted by Gasteiger charge is -2.08. The van der Waals surface area contributed by atoms with Crippen molar-refractivity contribution in [2.75, 3.05) is 0 Å². The van der Waals surface area contributed by atoms with Crippen molar-refractivity contribution in [3.05, 3.63) is 47.8 Å². The minimum Gasteiger partial charge on any atom is -0.489 e. The van der Waals surface area contributed by atoms with Gasteiger partial charge in [-0.25, -0.2) is 0 Å². The van der Waals surface area contributed by atoms with E-state index >= 15 is 0 Å². The fourth-order valence-corrected chi connectivity index (χ4v) is 1.58. The second-order valence-electron chi connectivity index (χ2n) is 4.17. The van der Waals surface area contributed by atoms with Crippen molar-refractivity contribution in [3.63, 3.8) is 0 Å². The molecule has 2 N–H and O–H groups in total. The molecule has 0 amide bonds. The topological polar surface area (TPSA) is 53.1 Å². The fourth-order valence-electron chi connectivity index (χ4n) is 1.58. The molecule has 1 atom stereocenters. The average molecular weight is 231 g/mol. The first-order chi connectivity index (χ1) is 8.15. The van der Waals surface area contributed by atoms with Crippen LogP contribution < -0.4 is 10.5 Å². The highest BCUT2D eigenvalue weighted by atomic mass is 16.5. The molecule has 2 rings (SSSR count). The first kappa shape index (κ1) is 11.7. The van der Waals surface area contributed by atoms with Crippen molar-refractivity contribution in [1.82, 2.24) is 9.78 Å². The third kappa shape index (κ3) is 3.07. The van der Waals surface area contributed by atoms with E-state index < -0.39 is 0 Å². The monoisotopic (exact) mass is 231 g/mol. The molecule has 0 saturated heterocycles. The summed E-state index contributed by atoms with van der Waals surface area (Å²) in [5.74, 6) is 0.846. The predicted molar refractivity (Wildman–Crippen MR) is 66.6 cm³/mol. The summed E-state index contributed by atoms with van der Waals surface area (Å²) in [5.41, 5.74) is 7.95. The number of nitrogens with two attached hydrogens (primary N) is 1. The first-order valence-electron chi connectivity index (χ1n) is 5.61. The van der Waals surface area contributed by atoms with Crippen LogP contribution in [0.25, 0.3) is 0 Å². The molecular formula is C13H17N3O. The Balaban J connectivity index is 1.95. The highest BCUT2D eigenvalue weighted by molar-refractivity contribution is 5.28. The van der Waals surface area contributed by atoms with Gasteiger partial charge < -0.3 is 10.5 Å². The zero-order valence-electron chi connectivity index (χ0n) is 10.1. The van der Waals surface area contributed by atoms with Crippen molar-refractivity contribution >= 4 is 0 Å². The Kier molecular flexibility index (Phi) is 3.44. The molecule has 17 heavy (non-hydrogen) atoms. The smallest absolute Gasteiger partial charge is 0.119 e. The van der Waals surface area contributed by atoms with E-state index in [4.69, 9.17) is 10.5 Å². The number of nitrogens with zero attached hydrogens (tertiary/aromatic N) is 2. The zero-order chi connectivity index (χ0) is 12.3. The maximum absolute atomic E-state index is 5.78. The summed E-state index contributed by atoms with van der Waals surface area (Å²) in [7, 11) is 1.89. The van der Waals surface area contributed by atoms with E-state index in [1.807, 2.05) is 44.4 Å². The second-order valence-corrected chi connectivity index (χ2v) is 4.17. The third-order valence-corrected chi connectivity index (χ3v) is 2.57. The predicted octanol–water partition coefficient (Wildman–Crippen LogP) is 2.02. The van der Waals surface area contributed by atoms with Crippen LogP contribution in [0.2, 0.25) is 0 Å². The summed E-state index contributed by atoms with van der Waals surface area (Å²) in [6.45, 7) is 2.50. The number of hydrogen-bond donors (Lipinski definition) is 1. The lowest BCUT2D eigenvalue weighted by Crippen LogP contribution is -2.04. The quantitative estimate of drug-likeness (QED) is 0.875. The molecule has 1 aromatic carbocycles. The van der Waals surface area contributed by atoms with Gasteiger partial charge in [-0.1, -0.05) is 12.1 Å². The van der Waals surface area contributed by atoms with Crippen LogP contribution in [0, 0.1) is 0 Å². The van der Waals surface area contributed by atoms with Gasteiger partial charge in [-0.15, -0.1) is 0 Å². The van der Waals surface area contributed by atoms with Crippen LogP contribution in [0.15, 0.2) is 36.7 Å². The fraction of sp³-hybridized carbons (Fsp3) is 0.308. The Morgan fingerprint density at radius 1 is 1.35 bits per heavy atom. The second kappa shape index (κ2) is 5.01. The van der Waals surface area contributed by atoms with Gasteiger partial charge in [0, 0.05) is 24.8 Å². The van der Waals surface area contributed by atoms with Gasteiger partial charge in [0.25, 0.3) is 0 Å². The molecule has 0 saturated carbocycles. The largest absolute Gasteiger partial charge is 0.489 e. The molecule has 0 spiro atoms. The molecule has 0 bridgehead atoms. The molecular weight excluding hydrogens is 214 g/mol. The molecule has 0 aliphatic rings. The normalized spacial score (nSPS) is 12.4. The number of ether oxygens (including phenoxy) is 1. The Labute approximate surface area is 101 Å². The minimum absolute atomic E-state index is 0.0578.